The van der Waals surface area contributed by atoms with Crippen LogP contribution in [0.15, 0.2) is 40.5 Å². The van der Waals surface area contributed by atoms with Crippen molar-refractivity contribution in [2.75, 3.05) is 0 Å². The molecule has 0 aliphatic heterocycles. The van der Waals surface area contributed by atoms with Crippen molar-refractivity contribution in [3.05, 3.63) is 35.9 Å². The number of carbonyl (C=O) groups is 2. The van der Waals surface area contributed by atoms with Gasteiger partial charge >= 0.3 is 12.1 Å². The minimum atomic E-state index is -0.802. The Bertz CT molecular complexity index is 523. The van der Waals surface area contributed by atoms with Crippen LogP contribution in [-0.4, -0.2) is 23.5 Å². The van der Waals surface area contributed by atoms with Crippen LogP contribution in [0.3, 0.4) is 0 Å². The number of urea groups is 2. The molecule has 0 aliphatic rings. The van der Waals surface area contributed by atoms with Crippen LogP contribution in [0.25, 0.3) is 0 Å². The summed E-state index contributed by atoms with van der Waals surface area (Å²) >= 11 is 0. The highest BCUT2D eigenvalue weighted by molar-refractivity contribution is 6.47. The number of nitrogens with one attached hydrogen (secondary N) is 2. The lowest BCUT2D eigenvalue weighted by atomic mass is 10.1. The summed E-state index contributed by atoms with van der Waals surface area (Å²) in [6, 6.07) is 7.36. The number of benzene rings is 1. The van der Waals surface area contributed by atoms with Crippen LogP contribution in [-0.2, 0) is 0 Å². The van der Waals surface area contributed by atoms with Gasteiger partial charge in [-0.15, -0.1) is 0 Å². The molecule has 1 aromatic carbocycles. The lowest BCUT2D eigenvalue weighted by molar-refractivity contribution is 0.248. The van der Waals surface area contributed by atoms with E-state index in [-0.39, 0.29) is 0 Å². The fourth-order valence-corrected chi connectivity index (χ4v) is 1.25. The number of hydrazone groups is 2. The van der Waals surface area contributed by atoms with Crippen LogP contribution < -0.4 is 22.3 Å². The third-order valence-electron chi connectivity index (χ3n) is 2.00. The SMILES string of the molecule is CC(=NNC(N)=O)C(=NNC(N)=O)c1ccccc1. The second-order valence-electron chi connectivity index (χ2n) is 3.48. The molecule has 4 amide bonds. The van der Waals surface area contributed by atoms with Gasteiger partial charge in [0.05, 0.1) is 5.71 Å². The Balaban J connectivity index is 3.06. The highest BCUT2D eigenvalue weighted by Gasteiger charge is 2.08. The largest absolute Gasteiger partial charge is 0.350 e. The lowest BCUT2D eigenvalue weighted by Gasteiger charge is -2.06. The molecule has 19 heavy (non-hydrogen) atoms. The summed E-state index contributed by atoms with van der Waals surface area (Å²) in [5.41, 5.74) is 15.5. The van der Waals surface area contributed by atoms with Crippen LogP contribution >= 0.6 is 0 Å². The molecule has 0 heterocycles. The first-order chi connectivity index (χ1) is 9.00. The second kappa shape index (κ2) is 6.74. The molecule has 1 aromatic rings. The lowest BCUT2D eigenvalue weighted by Crippen LogP contribution is -2.30. The molecule has 0 bridgehead atoms. The molecule has 0 radical (unpaired) electrons. The van der Waals surface area contributed by atoms with Gasteiger partial charge in [-0.3, -0.25) is 0 Å². The van der Waals surface area contributed by atoms with Gasteiger partial charge in [-0.05, 0) is 6.92 Å². The number of amides is 4. The topological polar surface area (TPSA) is 135 Å². The van der Waals surface area contributed by atoms with E-state index in [1.165, 1.54) is 0 Å². The van der Waals surface area contributed by atoms with Crippen molar-refractivity contribution in [2.24, 2.45) is 21.7 Å². The zero-order valence-electron chi connectivity index (χ0n) is 10.3. The van der Waals surface area contributed by atoms with Gasteiger partial charge in [-0.2, -0.15) is 10.2 Å². The van der Waals surface area contributed by atoms with Gasteiger partial charge in [-0.25, -0.2) is 20.4 Å². The zero-order chi connectivity index (χ0) is 14.3. The van der Waals surface area contributed by atoms with Gasteiger partial charge in [0.15, 0.2) is 0 Å². The Kier molecular flexibility index (Phi) is 5.03. The van der Waals surface area contributed by atoms with Gasteiger partial charge in [0.25, 0.3) is 0 Å². The summed E-state index contributed by atoms with van der Waals surface area (Å²) in [6.45, 7) is 1.60. The molecule has 0 saturated heterocycles. The minimum Gasteiger partial charge on any atom is -0.350 e. The van der Waals surface area contributed by atoms with E-state index in [0.717, 1.165) is 0 Å². The highest BCUT2D eigenvalue weighted by atomic mass is 16.2. The van der Waals surface area contributed by atoms with E-state index in [9.17, 15) is 9.59 Å². The minimum absolute atomic E-state index is 0.355. The fourth-order valence-electron chi connectivity index (χ4n) is 1.25. The third-order valence-corrected chi connectivity index (χ3v) is 2.00. The van der Waals surface area contributed by atoms with E-state index in [1.807, 2.05) is 6.07 Å². The average Bonchev–Trinajstić information content (AvgIpc) is 2.37. The Hall–Kier alpha value is -2.90. The first-order valence-corrected chi connectivity index (χ1v) is 5.29. The van der Waals surface area contributed by atoms with Gasteiger partial charge in [0.1, 0.15) is 5.71 Å². The maximum atomic E-state index is 10.7. The third kappa shape index (κ3) is 4.86. The molecule has 8 heteroatoms. The monoisotopic (exact) mass is 262 g/mol. The van der Waals surface area contributed by atoms with E-state index in [1.54, 1.807) is 31.2 Å². The average molecular weight is 262 g/mol. The van der Waals surface area contributed by atoms with Gasteiger partial charge in [-0.1, -0.05) is 30.3 Å². The standard InChI is InChI=1S/C11H14N6O2/c1-7(14-16-10(12)18)9(15-17-11(13)19)8-5-3-2-4-6-8/h2-6H,1H3,(H3,12,16,18)(H3,13,17,19). The molecule has 6 N–H and O–H groups in total. The molecule has 0 unspecified atom stereocenters. The first kappa shape index (κ1) is 14.2. The van der Waals surface area contributed by atoms with Crippen molar-refractivity contribution in [2.45, 2.75) is 6.92 Å². The molecule has 0 spiro atoms. The number of carbonyl (C=O) groups excluding carboxylic acids is 2. The predicted octanol–water partition coefficient (Wildman–Crippen LogP) is 0.103. The Morgan fingerprint density at radius 1 is 1.00 bits per heavy atom. The van der Waals surface area contributed by atoms with Crippen LogP contribution in [0.2, 0.25) is 0 Å². The fraction of sp³-hybridized carbons (Fsp3) is 0.0909. The van der Waals surface area contributed by atoms with Crippen molar-refractivity contribution in [1.82, 2.24) is 10.9 Å². The quantitative estimate of drug-likeness (QED) is 0.452. The van der Waals surface area contributed by atoms with E-state index in [2.05, 4.69) is 21.1 Å². The van der Waals surface area contributed by atoms with Gasteiger partial charge in [0, 0.05) is 5.56 Å². The molecule has 0 aliphatic carbocycles. The molecule has 1 rings (SSSR count). The number of primary amides is 2. The van der Waals surface area contributed by atoms with Crippen LogP contribution in [0.5, 0.6) is 0 Å². The highest BCUT2D eigenvalue weighted by Crippen LogP contribution is 2.02. The van der Waals surface area contributed by atoms with Gasteiger partial charge in [0.2, 0.25) is 0 Å². The van der Waals surface area contributed by atoms with Crippen LogP contribution in [0.1, 0.15) is 12.5 Å². The van der Waals surface area contributed by atoms with Crippen LogP contribution in [0.4, 0.5) is 9.59 Å². The molecule has 8 nitrogen and oxygen atoms in total. The molecule has 100 valence electrons. The van der Waals surface area contributed by atoms with E-state index in [4.69, 9.17) is 11.5 Å². The Morgan fingerprint density at radius 2 is 1.53 bits per heavy atom. The van der Waals surface area contributed by atoms with Crippen molar-refractivity contribution in [1.29, 1.82) is 0 Å². The predicted molar refractivity (Wildman–Crippen MR) is 71.5 cm³/mol. The van der Waals surface area contributed by atoms with Crippen molar-refractivity contribution in [3.8, 4) is 0 Å². The Labute approximate surface area is 109 Å². The van der Waals surface area contributed by atoms with Gasteiger partial charge < -0.3 is 11.5 Å². The maximum Gasteiger partial charge on any atom is 0.332 e. The summed E-state index contributed by atoms with van der Waals surface area (Å²) in [7, 11) is 0. The molecule has 0 atom stereocenters. The number of nitrogens with two attached hydrogens (primary N) is 2. The zero-order valence-corrected chi connectivity index (χ0v) is 10.3. The number of rotatable bonds is 4. The van der Waals surface area contributed by atoms with E-state index < -0.39 is 12.1 Å². The normalized spacial score (nSPS) is 11.8. The van der Waals surface area contributed by atoms with Crippen molar-refractivity contribution in [3.63, 3.8) is 0 Å². The molecular weight excluding hydrogens is 248 g/mol. The summed E-state index contributed by atoms with van der Waals surface area (Å²) in [6.07, 6.45) is 0. The number of hydrogen-bond donors (Lipinski definition) is 4. The van der Waals surface area contributed by atoms with E-state index >= 15 is 0 Å². The van der Waals surface area contributed by atoms with Crippen molar-refractivity contribution >= 4 is 23.5 Å². The summed E-state index contributed by atoms with van der Waals surface area (Å²) in [4.78, 5) is 21.3. The molecular formula is C11H14N6O2. The molecule has 0 aromatic heterocycles. The van der Waals surface area contributed by atoms with Crippen molar-refractivity contribution < 1.29 is 9.59 Å². The summed E-state index contributed by atoms with van der Waals surface area (Å²) in [5.74, 6) is 0. The Morgan fingerprint density at radius 3 is 2.05 bits per heavy atom. The summed E-state index contributed by atoms with van der Waals surface area (Å²) < 4.78 is 0. The number of hydrogen-bond acceptors (Lipinski definition) is 4. The first-order valence-electron chi connectivity index (χ1n) is 5.29. The molecule has 0 saturated carbocycles. The smallest absolute Gasteiger partial charge is 0.332 e. The van der Waals surface area contributed by atoms with E-state index in [0.29, 0.717) is 17.0 Å². The second-order valence-corrected chi connectivity index (χ2v) is 3.48. The summed E-state index contributed by atoms with van der Waals surface area (Å²) in [5, 5.41) is 7.59. The molecule has 0 fully saturated rings. The maximum absolute atomic E-state index is 10.7. The van der Waals surface area contributed by atoms with Crippen LogP contribution in [0, 0.1) is 0 Å². The number of nitrogens with zero attached hydrogens (tertiary/aromatic N) is 2.